The summed E-state index contributed by atoms with van der Waals surface area (Å²) in [6.45, 7) is 3.43. The van der Waals surface area contributed by atoms with Crippen LogP contribution in [0, 0.1) is 0 Å². The number of thioether (sulfide) groups is 1. The van der Waals surface area contributed by atoms with E-state index in [9.17, 15) is 14.7 Å². The molecule has 0 bridgehead atoms. The van der Waals surface area contributed by atoms with Crippen molar-refractivity contribution in [3.63, 3.8) is 0 Å². The highest BCUT2D eigenvalue weighted by Crippen LogP contribution is 2.11. The zero-order valence-corrected chi connectivity index (χ0v) is 16.2. The number of nitrogens with zero attached hydrogens (tertiary/aromatic N) is 4. The van der Waals surface area contributed by atoms with Crippen molar-refractivity contribution in [1.82, 2.24) is 20.2 Å². The van der Waals surface area contributed by atoms with E-state index in [0.29, 0.717) is 38.4 Å². The summed E-state index contributed by atoms with van der Waals surface area (Å²) in [5, 5.41) is 19.2. The van der Waals surface area contributed by atoms with Crippen LogP contribution in [0.1, 0.15) is 13.3 Å². The van der Waals surface area contributed by atoms with Crippen molar-refractivity contribution >= 4 is 35.5 Å². The Kier molecular flexibility index (Phi) is 9.94. The van der Waals surface area contributed by atoms with Crippen LogP contribution in [-0.2, 0) is 9.59 Å². The number of hydrogen-bond acceptors (Lipinski definition) is 7. The Morgan fingerprint density at radius 1 is 1.22 bits per heavy atom. The molecular weight excluding hydrogens is 374 g/mol. The highest BCUT2D eigenvalue weighted by molar-refractivity contribution is 7.98. The van der Waals surface area contributed by atoms with E-state index < -0.39 is 18.0 Å². The molecule has 0 radical (unpaired) electrons. The third kappa shape index (κ3) is 8.58. The standard InChI is InChI=1S/C14H21N5O3S.C2H4O2/c1-23-9-2-11(13(20)21)17-14(22)19-7-5-18(6-8-19)12-10-15-3-4-16-12;1-2(3)4/h3-4,10-11H,2,5-9H2,1H3,(H,17,22)(H,20,21);1H3,(H,3,4)/t11-;/m0./s1. The molecule has 2 heterocycles. The van der Waals surface area contributed by atoms with Gasteiger partial charge in [0, 0.05) is 45.5 Å². The van der Waals surface area contributed by atoms with Crippen LogP contribution in [0.2, 0.25) is 0 Å². The number of nitrogens with one attached hydrogen (secondary N) is 1. The van der Waals surface area contributed by atoms with Gasteiger partial charge in [-0.15, -0.1) is 0 Å². The first-order valence-corrected chi connectivity index (χ1v) is 9.72. The largest absolute Gasteiger partial charge is 0.481 e. The van der Waals surface area contributed by atoms with Crippen LogP contribution in [0.4, 0.5) is 10.6 Å². The Hall–Kier alpha value is -2.56. The summed E-state index contributed by atoms with van der Waals surface area (Å²) in [5.41, 5.74) is 0. The third-order valence-corrected chi connectivity index (χ3v) is 4.29. The lowest BCUT2D eigenvalue weighted by Gasteiger charge is -2.35. The molecule has 3 N–H and O–H groups in total. The molecule has 1 fully saturated rings. The van der Waals surface area contributed by atoms with Crippen molar-refractivity contribution in [1.29, 1.82) is 0 Å². The Labute approximate surface area is 162 Å². The van der Waals surface area contributed by atoms with E-state index in [1.165, 1.54) is 0 Å². The number of anilines is 1. The highest BCUT2D eigenvalue weighted by atomic mass is 32.2. The van der Waals surface area contributed by atoms with E-state index in [1.807, 2.05) is 6.26 Å². The van der Waals surface area contributed by atoms with E-state index >= 15 is 0 Å². The fraction of sp³-hybridized carbons (Fsp3) is 0.562. The smallest absolute Gasteiger partial charge is 0.326 e. The van der Waals surface area contributed by atoms with Gasteiger partial charge in [0.1, 0.15) is 11.9 Å². The lowest BCUT2D eigenvalue weighted by atomic mass is 10.2. The van der Waals surface area contributed by atoms with Gasteiger partial charge in [-0.3, -0.25) is 9.78 Å². The number of amides is 2. The zero-order valence-electron chi connectivity index (χ0n) is 15.4. The quantitative estimate of drug-likeness (QED) is 0.628. The molecule has 2 amide bonds. The second-order valence-corrected chi connectivity index (χ2v) is 6.66. The van der Waals surface area contributed by atoms with Gasteiger partial charge in [0.05, 0.1) is 6.20 Å². The van der Waals surface area contributed by atoms with Gasteiger partial charge in [0.2, 0.25) is 0 Å². The summed E-state index contributed by atoms with van der Waals surface area (Å²) in [6.07, 6.45) is 7.28. The lowest BCUT2D eigenvalue weighted by Crippen LogP contribution is -2.55. The molecule has 11 heteroatoms. The maximum absolute atomic E-state index is 12.2. The number of carboxylic acids is 2. The molecule has 1 aromatic rings. The molecule has 0 aromatic carbocycles. The number of rotatable bonds is 6. The van der Waals surface area contributed by atoms with E-state index in [-0.39, 0.29) is 6.03 Å². The predicted molar refractivity (Wildman–Crippen MR) is 102 cm³/mol. The number of hydrogen-bond donors (Lipinski definition) is 3. The topological polar surface area (TPSA) is 136 Å². The Balaban J connectivity index is 0.000000828. The van der Waals surface area contributed by atoms with Gasteiger partial charge in [-0.2, -0.15) is 11.8 Å². The second-order valence-electron chi connectivity index (χ2n) is 5.68. The number of carboxylic acid groups (broad SMARTS) is 2. The van der Waals surface area contributed by atoms with Crippen LogP contribution < -0.4 is 10.2 Å². The van der Waals surface area contributed by atoms with Gasteiger partial charge < -0.3 is 25.3 Å². The fourth-order valence-corrected chi connectivity index (χ4v) is 2.80. The zero-order chi connectivity index (χ0) is 20.2. The van der Waals surface area contributed by atoms with Crippen molar-refractivity contribution in [3.05, 3.63) is 18.6 Å². The number of aromatic nitrogens is 2. The first-order valence-electron chi connectivity index (χ1n) is 8.32. The Morgan fingerprint density at radius 3 is 2.33 bits per heavy atom. The average Bonchev–Trinajstić information content (AvgIpc) is 2.65. The second kappa shape index (κ2) is 11.9. The molecule has 1 saturated heterocycles. The molecule has 10 nitrogen and oxygen atoms in total. The van der Waals surface area contributed by atoms with E-state index in [1.54, 1.807) is 35.3 Å². The monoisotopic (exact) mass is 399 g/mol. The molecule has 1 aromatic heterocycles. The van der Waals surface area contributed by atoms with Crippen LogP contribution in [0.25, 0.3) is 0 Å². The maximum atomic E-state index is 12.2. The minimum Gasteiger partial charge on any atom is -0.481 e. The number of aliphatic carboxylic acids is 2. The summed E-state index contributed by atoms with van der Waals surface area (Å²) in [6, 6.07) is -1.16. The SMILES string of the molecule is CC(=O)O.CSCC[C@H](NC(=O)N1CCN(c2cnccn2)CC1)C(=O)O. The third-order valence-electron chi connectivity index (χ3n) is 3.65. The molecule has 0 aliphatic carbocycles. The molecule has 27 heavy (non-hydrogen) atoms. The minimum atomic E-state index is -0.995. The summed E-state index contributed by atoms with van der Waals surface area (Å²) >= 11 is 1.56. The Morgan fingerprint density at radius 2 is 1.85 bits per heavy atom. The highest BCUT2D eigenvalue weighted by Gasteiger charge is 2.26. The van der Waals surface area contributed by atoms with Gasteiger partial charge in [-0.05, 0) is 18.4 Å². The van der Waals surface area contributed by atoms with Gasteiger partial charge >= 0.3 is 12.0 Å². The number of piperazine rings is 1. The van der Waals surface area contributed by atoms with Crippen LogP contribution >= 0.6 is 11.8 Å². The lowest BCUT2D eigenvalue weighted by molar-refractivity contribution is -0.139. The van der Waals surface area contributed by atoms with Gasteiger partial charge in [0.15, 0.2) is 0 Å². The Bertz CT molecular complexity index is 606. The van der Waals surface area contributed by atoms with Crippen LogP contribution in [0.5, 0.6) is 0 Å². The van der Waals surface area contributed by atoms with Crippen LogP contribution in [-0.4, -0.2) is 87.3 Å². The summed E-state index contributed by atoms with van der Waals surface area (Å²) < 4.78 is 0. The maximum Gasteiger partial charge on any atom is 0.326 e. The molecule has 2 rings (SSSR count). The molecule has 0 unspecified atom stereocenters. The molecule has 1 atom stereocenters. The fourth-order valence-electron chi connectivity index (χ4n) is 2.33. The number of urea groups is 1. The average molecular weight is 399 g/mol. The molecular formula is C16H25N5O5S. The molecule has 1 aliphatic heterocycles. The van der Waals surface area contributed by atoms with Gasteiger partial charge in [-0.25, -0.2) is 14.6 Å². The van der Waals surface area contributed by atoms with Crippen molar-refractivity contribution in [2.24, 2.45) is 0 Å². The first kappa shape index (κ1) is 22.5. The number of carbonyl (C=O) groups excluding carboxylic acids is 1. The normalized spacial score (nSPS) is 14.6. The van der Waals surface area contributed by atoms with Crippen LogP contribution in [0.15, 0.2) is 18.6 Å². The predicted octanol–water partition coefficient (Wildman–Crippen LogP) is 0.605. The van der Waals surface area contributed by atoms with E-state index in [4.69, 9.17) is 9.90 Å². The van der Waals surface area contributed by atoms with E-state index in [0.717, 1.165) is 12.7 Å². The summed E-state index contributed by atoms with van der Waals surface area (Å²) in [7, 11) is 0. The first-order chi connectivity index (χ1) is 12.8. The van der Waals surface area contributed by atoms with E-state index in [2.05, 4.69) is 20.2 Å². The molecule has 150 valence electrons. The van der Waals surface area contributed by atoms with Crippen molar-refractivity contribution in [2.45, 2.75) is 19.4 Å². The van der Waals surface area contributed by atoms with Crippen molar-refractivity contribution in [2.75, 3.05) is 43.1 Å². The van der Waals surface area contributed by atoms with Gasteiger partial charge in [-0.1, -0.05) is 0 Å². The molecule has 0 saturated carbocycles. The number of carbonyl (C=O) groups is 3. The molecule has 0 spiro atoms. The van der Waals surface area contributed by atoms with Gasteiger partial charge in [0.25, 0.3) is 5.97 Å². The van der Waals surface area contributed by atoms with Crippen molar-refractivity contribution in [3.8, 4) is 0 Å². The summed E-state index contributed by atoms with van der Waals surface area (Å²) in [4.78, 5) is 44.4. The molecule has 1 aliphatic rings. The minimum absolute atomic E-state index is 0.322. The van der Waals surface area contributed by atoms with Crippen LogP contribution in [0.3, 0.4) is 0 Å². The van der Waals surface area contributed by atoms with Crippen molar-refractivity contribution < 1.29 is 24.6 Å². The summed E-state index contributed by atoms with van der Waals surface area (Å²) in [5.74, 6) is -0.348.